The van der Waals surface area contributed by atoms with Crippen LogP contribution in [0, 0.1) is 0 Å². The van der Waals surface area contributed by atoms with Crippen molar-refractivity contribution < 1.29 is 0 Å². The molecule has 0 spiro atoms. The predicted octanol–water partition coefficient (Wildman–Crippen LogP) is 4.28. The highest BCUT2D eigenvalue weighted by molar-refractivity contribution is 9.11. The van der Waals surface area contributed by atoms with Gasteiger partial charge in [0.2, 0.25) is 0 Å². The van der Waals surface area contributed by atoms with Crippen molar-refractivity contribution in [2.75, 3.05) is 5.33 Å². The summed E-state index contributed by atoms with van der Waals surface area (Å²) in [4.78, 5) is 0. The highest BCUT2D eigenvalue weighted by Gasteiger charge is 2.02. The zero-order valence-electron chi connectivity index (χ0n) is 6.49. The third kappa shape index (κ3) is 2.57. The van der Waals surface area contributed by atoms with E-state index in [0.29, 0.717) is 0 Å². The van der Waals surface area contributed by atoms with Crippen LogP contribution in [0.4, 0.5) is 0 Å². The van der Waals surface area contributed by atoms with Gasteiger partial charge in [0.1, 0.15) is 0 Å². The minimum atomic E-state index is 0.906. The van der Waals surface area contributed by atoms with Crippen LogP contribution >= 0.6 is 47.8 Å². The number of hydrogen-bond donors (Lipinski definition) is 0. The van der Waals surface area contributed by atoms with E-state index in [2.05, 4.69) is 66.0 Å². The fourth-order valence-corrected chi connectivity index (χ4v) is 2.90. The number of aryl methyl sites for hydroxylation is 1. The van der Waals surface area contributed by atoms with Gasteiger partial charge in [-0.25, -0.2) is 0 Å². The molecule has 0 amide bonds. The van der Waals surface area contributed by atoms with Crippen LogP contribution in [0.5, 0.6) is 0 Å². The molecule has 0 aliphatic heterocycles. The Labute approximate surface area is 98.1 Å². The first-order valence-electron chi connectivity index (χ1n) is 3.67. The Morgan fingerprint density at radius 3 is 2.33 bits per heavy atom. The lowest BCUT2D eigenvalue weighted by Gasteiger charge is -2.05. The maximum absolute atomic E-state index is 3.59. The monoisotopic (exact) mass is 354 g/mol. The molecular weight excluding hydrogens is 348 g/mol. The van der Waals surface area contributed by atoms with Crippen LogP contribution in [0.3, 0.4) is 0 Å². The third-order valence-corrected chi connectivity index (χ3v) is 3.69. The number of alkyl halides is 2. The van der Waals surface area contributed by atoms with Crippen molar-refractivity contribution in [3.05, 3.63) is 33.8 Å². The Kier molecular flexibility index (Phi) is 4.84. The Morgan fingerprint density at radius 1 is 1.08 bits per heavy atom. The lowest BCUT2D eigenvalue weighted by molar-refractivity contribution is 1.14. The van der Waals surface area contributed by atoms with E-state index < -0.39 is 0 Å². The molecule has 0 bridgehead atoms. The molecule has 0 aromatic heterocycles. The second-order valence-corrected chi connectivity index (χ2v) is 4.61. The Balaban J connectivity index is 2.97. The van der Waals surface area contributed by atoms with Gasteiger partial charge in [0.25, 0.3) is 0 Å². The van der Waals surface area contributed by atoms with Gasteiger partial charge in [0.05, 0.1) is 0 Å². The van der Waals surface area contributed by atoms with Gasteiger partial charge in [0, 0.05) is 15.1 Å². The number of halogens is 3. The lowest BCUT2D eigenvalue weighted by Crippen LogP contribution is -1.90. The third-order valence-electron chi connectivity index (χ3n) is 1.67. The molecule has 0 nitrogen and oxygen atoms in total. The number of benzene rings is 1. The molecule has 0 aliphatic carbocycles. The van der Waals surface area contributed by atoms with Crippen LogP contribution in [-0.4, -0.2) is 5.33 Å². The number of rotatable bonds is 3. The van der Waals surface area contributed by atoms with Gasteiger partial charge in [-0.3, -0.25) is 0 Å². The molecule has 1 aromatic rings. The van der Waals surface area contributed by atoms with E-state index in [9.17, 15) is 0 Å². The zero-order chi connectivity index (χ0) is 8.97. The summed E-state index contributed by atoms with van der Waals surface area (Å²) in [7, 11) is 0. The summed E-state index contributed by atoms with van der Waals surface area (Å²) in [5, 5.41) is 1.92. The Hall–Kier alpha value is 0.660. The van der Waals surface area contributed by atoms with Gasteiger partial charge < -0.3 is 0 Å². The van der Waals surface area contributed by atoms with Gasteiger partial charge in [0.15, 0.2) is 0 Å². The minimum Gasteiger partial charge on any atom is -0.0924 e. The largest absolute Gasteiger partial charge is 0.0924 e. The quantitative estimate of drug-likeness (QED) is 0.709. The van der Waals surface area contributed by atoms with Crippen molar-refractivity contribution >= 4 is 47.8 Å². The molecule has 12 heavy (non-hydrogen) atoms. The summed E-state index contributed by atoms with van der Waals surface area (Å²) in [5.74, 6) is 0. The maximum Gasteiger partial charge on any atom is 0.0294 e. The second kappa shape index (κ2) is 5.40. The predicted molar refractivity (Wildman–Crippen MR) is 64.3 cm³/mol. The van der Waals surface area contributed by atoms with E-state index >= 15 is 0 Å². The molecule has 0 atom stereocenters. The van der Waals surface area contributed by atoms with Gasteiger partial charge >= 0.3 is 0 Å². The summed E-state index contributed by atoms with van der Waals surface area (Å²) >= 11 is 10.5. The molecule has 3 heteroatoms. The molecule has 0 unspecified atom stereocenters. The molecule has 0 heterocycles. The molecule has 1 rings (SSSR count). The molecule has 0 saturated carbocycles. The molecule has 0 fully saturated rings. The molecule has 1 aromatic carbocycles. The van der Waals surface area contributed by atoms with E-state index in [1.54, 1.807) is 0 Å². The van der Waals surface area contributed by atoms with Crippen molar-refractivity contribution in [3.8, 4) is 0 Å². The number of hydrogen-bond acceptors (Lipinski definition) is 0. The molecule has 0 N–H and O–H groups in total. The van der Waals surface area contributed by atoms with Crippen LogP contribution in [0.15, 0.2) is 22.7 Å². The van der Waals surface area contributed by atoms with Crippen LogP contribution in [0.25, 0.3) is 0 Å². The van der Waals surface area contributed by atoms with E-state index in [-0.39, 0.29) is 0 Å². The van der Waals surface area contributed by atoms with E-state index in [1.807, 2.05) is 0 Å². The minimum absolute atomic E-state index is 0.906. The first-order chi connectivity index (χ1) is 5.79. The molecule has 66 valence electrons. The van der Waals surface area contributed by atoms with Crippen molar-refractivity contribution in [2.24, 2.45) is 0 Å². The Morgan fingerprint density at radius 2 is 1.75 bits per heavy atom. The van der Waals surface area contributed by atoms with E-state index in [1.165, 1.54) is 15.6 Å². The van der Waals surface area contributed by atoms with Gasteiger partial charge in [-0.15, -0.1) is 0 Å². The standard InChI is InChI=1S/C9H9Br3/c10-5-4-7-2-1-3-8(6-11)9(7)12/h1-3H,4-6H2. The van der Waals surface area contributed by atoms with Crippen molar-refractivity contribution in [2.45, 2.75) is 11.8 Å². The van der Waals surface area contributed by atoms with Crippen LogP contribution < -0.4 is 0 Å². The van der Waals surface area contributed by atoms with Gasteiger partial charge in [-0.2, -0.15) is 0 Å². The highest BCUT2D eigenvalue weighted by Crippen LogP contribution is 2.24. The molecule has 0 aliphatic rings. The zero-order valence-corrected chi connectivity index (χ0v) is 11.2. The van der Waals surface area contributed by atoms with Crippen LogP contribution in [0.2, 0.25) is 0 Å². The fraction of sp³-hybridized carbons (Fsp3) is 0.333. The van der Waals surface area contributed by atoms with Crippen molar-refractivity contribution in [1.29, 1.82) is 0 Å². The Bertz CT molecular complexity index is 258. The smallest absolute Gasteiger partial charge is 0.0294 e. The normalized spacial score (nSPS) is 10.2. The summed E-state index contributed by atoms with van der Waals surface area (Å²) in [6.45, 7) is 0. The summed E-state index contributed by atoms with van der Waals surface area (Å²) in [5.41, 5.74) is 2.68. The summed E-state index contributed by atoms with van der Waals surface area (Å²) in [6.07, 6.45) is 1.07. The van der Waals surface area contributed by atoms with Crippen molar-refractivity contribution in [3.63, 3.8) is 0 Å². The second-order valence-electron chi connectivity index (χ2n) is 2.46. The average Bonchev–Trinajstić information content (AvgIpc) is 2.09. The SMILES string of the molecule is BrCCc1cccc(CBr)c1Br. The first-order valence-corrected chi connectivity index (χ1v) is 6.71. The maximum atomic E-state index is 3.59. The molecule has 0 radical (unpaired) electrons. The molecular formula is C9H9Br3. The average molecular weight is 357 g/mol. The molecule has 0 saturated heterocycles. The highest BCUT2D eigenvalue weighted by atomic mass is 79.9. The summed E-state index contributed by atoms with van der Waals surface area (Å²) < 4.78 is 1.24. The van der Waals surface area contributed by atoms with E-state index in [0.717, 1.165) is 17.1 Å². The fourth-order valence-electron chi connectivity index (χ4n) is 1.03. The van der Waals surface area contributed by atoms with Gasteiger partial charge in [-0.1, -0.05) is 66.0 Å². The first kappa shape index (κ1) is 10.7. The van der Waals surface area contributed by atoms with Gasteiger partial charge in [-0.05, 0) is 17.5 Å². The summed E-state index contributed by atoms with van der Waals surface area (Å²) in [6, 6.07) is 6.37. The van der Waals surface area contributed by atoms with Crippen molar-refractivity contribution in [1.82, 2.24) is 0 Å². The van der Waals surface area contributed by atoms with E-state index in [4.69, 9.17) is 0 Å². The topological polar surface area (TPSA) is 0 Å². The van der Waals surface area contributed by atoms with Crippen LogP contribution in [-0.2, 0) is 11.8 Å². The van der Waals surface area contributed by atoms with Crippen LogP contribution in [0.1, 0.15) is 11.1 Å². The lowest BCUT2D eigenvalue weighted by atomic mass is 10.1.